The number of carbonyl (C=O) groups excluding carboxylic acids is 1. The zero-order valence-corrected chi connectivity index (χ0v) is 10.3. The van der Waals surface area contributed by atoms with Crippen molar-refractivity contribution in [1.29, 1.82) is 0 Å². The average molecular weight is 253 g/mol. The molecule has 0 aliphatic carbocycles. The summed E-state index contributed by atoms with van der Waals surface area (Å²) in [5, 5.41) is 10.6. The molecule has 0 unspecified atom stereocenters. The summed E-state index contributed by atoms with van der Waals surface area (Å²) in [6.45, 7) is 0.772. The van der Waals surface area contributed by atoms with Crippen molar-refractivity contribution in [2.75, 3.05) is 33.0 Å². The maximum atomic E-state index is 12.0. The van der Waals surface area contributed by atoms with E-state index in [1.54, 1.807) is 7.05 Å². The molecule has 0 bridgehead atoms. The highest BCUT2D eigenvalue weighted by Gasteiger charge is 2.18. The number of non-ortho nitro benzene ring substituents is 1. The van der Waals surface area contributed by atoms with Gasteiger partial charge >= 0.3 is 0 Å². The van der Waals surface area contributed by atoms with Crippen molar-refractivity contribution in [1.82, 2.24) is 4.90 Å². The van der Waals surface area contributed by atoms with Crippen molar-refractivity contribution < 1.29 is 14.5 Å². The normalized spacial score (nSPS) is 10.1. The minimum absolute atomic E-state index is 0.128. The Balaban J connectivity index is 2.97. The fourth-order valence-corrected chi connectivity index (χ4v) is 1.38. The second-order valence-electron chi connectivity index (χ2n) is 3.75. The van der Waals surface area contributed by atoms with Crippen molar-refractivity contribution in [3.05, 3.63) is 33.9 Å². The van der Waals surface area contributed by atoms with E-state index in [0.29, 0.717) is 13.2 Å². The van der Waals surface area contributed by atoms with Crippen LogP contribution in [-0.4, -0.2) is 43.0 Å². The lowest BCUT2D eigenvalue weighted by molar-refractivity contribution is -0.384. The van der Waals surface area contributed by atoms with Gasteiger partial charge in [-0.1, -0.05) is 0 Å². The second kappa shape index (κ2) is 5.97. The number of methoxy groups -OCH3 is 1. The lowest BCUT2D eigenvalue weighted by atomic mass is 10.1. The zero-order valence-electron chi connectivity index (χ0n) is 10.3. The molecule has 1 aromatic carbocycles. The Morgan fingerprint density at radius 1 is 1.56 bits per heavy atom. The van der Waals surface area contributed by atoms with E-state index in [9.17, 15) is 14.9 Å². The van der Waals surface area contributed by atoms with Gasteiger partial charge in [0.25, 0.3) is 11.6 Å². The number of anilines is 1. The number of nitrogen functional groups attached to an aromatic ring is 1. The van der Waals surface area contributed by atoms with Gasteiger partial charge in [-0.3, -0.25) is 14.9 Å². The van der Waals surface area contributed by atoms with Crippen molar-refractivity contribution in [3.63, 3.8) is 0 Å². The van der Waals surface area contributed by atoms with Crippen molar-refractivity contribution >= 4 is 17.3 Å². The number of hydrogen-bond donors (Lipinski definition) is 1. The fourth-order valence-electron chi connectivity index (χ4n) is 1.38. The molecular weight excluding hydrogens is 238 g/mol. The SMILES string of the molecule is COCCN(C)C(=O)c1cc([N+](=O)[O-])ccc1N. The minimum atomic E-state index is -0.564. The zero-order chi connectivity index (χ0) is 13.7. The predicted octanol–water partition coefficient (Wildman–Crippen LogP) is 0.895. The fraction of sp³-hybridized carbons (Fsp3) is 0.364. The molecule has 0 aliphatic heterocycles. The van der Waals surface area contributed by atoms with Gasteiger partial charge in [-0.25, -0.2) is 0 Å². The van der Waals surface area contributed by atoms with Crippen LogP contribution in [0.4, 0.5) is 11.4 Å². The van der Waals surface area contributed by atoms with Gasteiger partial charge in [0.05, 0.1) is 17.1 Å². The third kappa shape index (κ3) is 3.17. The molecule has 1 amide bonds. The standard InChI is InChI=1S/C11H15N3O4/c1-13(5-6-18-2)11(15)9-7-8(14(16)17)3-4-10(9)12/h3-4,7H,5-6,12H2,1-2H3. The maximum absolute atomic E-state index is 12.0. The third-order valence-electron chi connectivity index (χ3n) is 2.46. The Hall–Kier alpha value is -2.15. The van der Waals surface area contributed by atoms with Crippen LogP contribution >= 0.6 is 0 Å². The van der Waals surface area contributed by atoms with Gasteiger partial charge in [-0.2, -0.15) is 0 Å². The Kier molecular flexibility index (Phi) is 4.61. The molecule has 0 saturated carbocycles. The van der Waals surface area contributed by atoms with Gasteiger partial charge in [0.1, 0.15) is 0 Å². The molecule has 0 fully saturated rings. The summed E-state index contributed by atoms with van der Waals surface area (Å²) in [4.78, 5) is 23.5. The van der Waals surface area contributed by atoms with Gasteiger partial charge in [-0.05, 0) is 6.07 Å². The highest BCUT2D eigenvalue weighted by Crippen LogP contribution is 2.20. The second-order valence-corrected chi connectivity index (χ2v) is 3.75. The number of amides is 1. The number of benzene rings is 1. The van der Waals surface area contributed by atoms with E-state index < -0.39 is 4.92 Å². The van der Waals surface area contributed by atoms with Crippen molar-refractivity contribution in [3.8, 4) is 0 Å². The van der Waals surface area contributed by atoms with E-state index in [4.69, 9.17) is 10.5 Å². The first kappa shape index (κ1) is 13.9. The Labute approximate surface area is 104 Å². The van der Waals surface area contributed by atoms with Crippen molar-refractivity contribution in [2.45, 2.75) is 0 Å². The molecule has 98 valence electrons. The molecule has 0 aromatic heterocycles. The first-order chi connectivity index (χ1) is 8.47. The molecule has 0 saturated heterocycles. The molecule has 7 nitrogen and oxygen atoms in total. The molecule has 0 radical (unpaired) electrons. The molecule has 0 spiro atoms. The van der Waals surface area contributed by atoms with Crippen LogP contribution in [0.1, 0.15) is 10.4 Å². The van der Waals surface area contributed by atoms with Crippen LogP contribution in [0.15, 0.2) is 18.2 Å². The van der Waals surface area contributed by atoms with E-state index in [1.165, 1.54) is 30.2 Å². The first-order valence-corrected chi connectivity index (χ1v) is 5.25. The summed E-state index contributed by atoms with van der Waals surface area (Å²) >= 11 is 0. The number of nitrogens with zero attached hydrogens (tertiary/aromatic N) is 2. The third-order valence-corrected chi connectivity index (χ3v) is 2.46. The molecule has 1 rings (SSSR count). The van der Waals surface area contributed by atoms with E-state index in [2.05, 4.69) is 0 Å². The van der Waals surface area contributed by atoms with Crippen LogP contribution in [0.2, 0.25) is 0 Å². The summed E-state index contributed by atoms with van der Waals surface area (Å²) in [7, 11) is 3.11. The van der Waals surface area contributed by atoms with Gasteiger partial charge in [0.15, 0.2) is 0 Å². The molecule has 0 atom stereocenters. The number of nitro benzene ring substituents is 1. The molecule has 1 aromatic rings. The minimum Gasteiger partial charge on any atom is -0.398 e. The summed E-state index contributed by atoms with van der Waals surface area (Å²) < 4.78 is 4.86. The first-order valence-electron chi connectivity index (χ1n) is 5.25. The lowest BCUT2D eigenvalue weighted by Gasteiger charge is -2.17. The van der Waals surface area contributed by atoms with E-state index in [0.717, 1.165) is 0 Å². The number of nitro groups is 1. The van der Waals surface area contributed by atoms with Crippen molar-refractivity contribution in [2.24, 2.45) is 0 Å². The Morgan fingerprint density at radius 2 is 2.22 bits per heavy atom. The molecule has 2 N–H and O–H groups in total. The van der Waals surface area contributed by atoms with E-state index in [1.807, 2.05) is 0 Å². The van der Waals surface area contributed by atoms with Crippen LogP contribution in [0, 0.1) is 10.1 Å². The summed E-state index contributed by atoms with van der Waals surface area (Å²) in [5.74, 6) is -0.367. The van der Waals surface area contributed by atoms with Crippen LogP contribution in [0.3, 0.4) is 0 Å². The highest BCUT2D eigenvalue weighted by atomic mass is 16.6. The number of rotatable bonds is 5. The number of likely N-dealkylation sites (N-methyl/N-ethyl adjacent to an activating group) is 1. The van der Waals surface area contributed by atoms with Crippen LogP contribution < -0.4 is 5.73 Å². The van der Waals surface area contributed by atoms with Gasteiger partial charge in [0, 0.05) is 38.5 Å². The van der Waals surface area contributed by atoms with Crippen LogP contribution in [0.5, 0.6) is 0 Å². The summed E-state index contributed by atoms with van der Waals surface area (Å²) in [6, 6.07) is 3.80. The molecule has 0 aliphatic rings. The van der Waals surface area contributed by atoms with Crippen LogP contribution in [-0.2, 0) is 4.74 Å². The highest BCUT2D eigenvalue weighted by molar-refractivity contribution is 5.99. The van der Waals surface area contributed by atoms with Crippen LogP contribution in [0.25, 0.3) is 0 Å². The molecular formula is C11H15N3O4. The molecule has 7 heteroatoms. The predicted molar refractivity (Wildman–Crippen MR) is 66.3 cm³/mol. The maximum Gasteiger partial charge on any atom is 0.270 e. The number of carbonyl (C=O) groups is 1. The Bertz CT molecular complexity index is 462. The summed E-state index contributed by atoms with van der Waals surface area (Å²) in [5.41, 5.74) is 5.84. The molecule has 18 heavy (non-hydrogen) atoms. The van der Waals surface area contributed by atoms with Gasteiger partial charge in [-0.15, -0.1) is 0 Å². The quantitative estimate of drug-likeness (QED) is 0.477. The smallest absolute Gasteiger partial charge is 0.270 e. The molecule has 0 heterocycles. The van der Waals surface area contributed by atoms with Gasteiger partial charge < -0.3 is 15.4 Å². The Morgan fingerprint density at radius 3 is 2.78 bits per heavy atom. The van der Waals surface area contributed by atoms with E-state index >= 15 is 0 Å². The number of ether oxygens (including phenoxy) is 1. The number of hydrogen-bond acceptors (Lipinski definition) is 5. The van der Waals surface area contributed by atoms with Gasteiger partial charge in [0.2, 0.25) is 0 Å². The topological polar surface area (TPSA) is 98.7 Å². The largest absolute Gasteiger partial charge is 0.398 e. The average Bonchev–Trinajstić information content (AvgIpc) is 2.35. The lowest BCUT2D eigenvalue weighted by Crippen LogP contribution is -2.30. The number of nitrogens with two attached hydrogens (primary N) is 1. The van der Waals surface area contributed by atoms with E-state index in [-0.39, 0.29) is 22.8 Å². The summed E-state index contributed by atoms with van der Waals surface area (Å²) in [6.07, 6.45) is 0. The monoisotopic (exact) mass is 253 g/mol.